The number of nitrogens with two attached hydrogens (primary N) is 1. The SMILES string of the molecule is NC(=S)c1ccc(Nc2ccc(Br)c(Cl)c2)c(F)c1Br. The number of rotatable bonds is 3. The Kier molecular flexibility index (Phi) is 5.01. The molecule has 7 heteroatoms. The second-order valence-electron chi connectivity index (χ2n) is 3.91. The Morgan fingerprint density at radius 1 is 1.25 bits per heavy atom. The van der Waals surface area contributed by atoms with Crippen LogP contribution in [0.25, 0.3) is 0 Å². The van der Waals surface area contributed by atoms with Gasteiger partial charge in [-0.25, -0.2) is 4.39 Å². The zero-order chi connectivity index (χ0) is 14.9. The lowest BCUT2D eigenvalue weighted by atomic mass is 10.2. The van der Waals surface area contributed by atoms with Crippen molar-refractivity contribution in [2.45, 2.75) is 0 Å². The van der Waals surface area contributed by atoms with Gasteiger partial charge >= 0.3 is 0 Å². The van der Waals surface area contributed by atoms with Crippen LogP contribution in [0.4, 0.5) is 15.8 Å². The van der Waals surface area contributed by atoms with E-state index < -0.39 is 5.82 Å². The smallest absolute Gasteiger partial charge is 0.161 e. The van der Waals surface area contributed by atoms with E-state index in [1.165, 1.54) is 0 Å². The second-order valence-corrected chi connectivity index (χ2v) is 6.40. The molecule has 0 spiro atoms. The van der Waals surface area contributed by atoms with Crippen LogP contribution < -0.4 is 11.1 Å². The monoisotopic (exact) mass is 436 g/mol. The maximum atomic E-state index is 14.2. The summed E-state index contributed by atoms with van der Waals surface area (Å²) in [5.41, 5.74) is 6.94. The maximum Gasteiger partial charge on any atom is 0.161 e. The van der Waals surface area contributed by atoms with E-state index in [1.807, 2.05) is 0 Å². The molecule has 0 aliphatic rings. The number of hydrogen-bond acceptors (Lipinski definition) is 2. The molecule has 0 saturated heterocycles. The summed E-state index contributed by atoms with van der Waals surface area (Å²) in [6.07, 6.45) is 0. The number of benzene rings is 2. The fourth-order valence-electron chi connectivity index (χ4n) is 1.57. The Balaban J connectivity index is 2.37. The van der Waals surface area contributed by atoms with Crippen molar-refractivity contribution < 1.29 is 4.39 Å². The first-order valence-electron chi connectivity index (χ1n) is 5.40. The van der Waals surface area contributed by atoms with Crippen molar-refractivity contribution in [2.75, 3.05) is 5.32 Å². The molecule has 0 radical (unpaired) electrons. The number of thiocarbonyl (C=S) groups is 1. The van der Waals surface area contributed by atoms with Gasteiger partial charge in [-0.2, -0.15) is 0 Å². The first-order valence-corrected chi connectivity index (χ1v) is 7.77. The van der Waals surface area contributed by atoms with Gasteiger partial charge in [0.1, 0.15) is 4.99 Å². The highest BCUT2D eigenvalue weighted by Crippen LogP contribution is 2.31. The Bertz CT molecular complexity index is 694. The van der Waals surface area contributed by atoms with Crippen LogP contribution in [0.15, 0.2) is 39.3 Å². The third-order valence-electron chi connectivity index (χ3n) is 2.55. The molecule has 2 rings (SSSR count). The zero-order valence-corrected chi connectivity index (χ0v) is 14.6. The number of nitrogens with one attached hydrogen (secondary N) is 1. The third-order valence-corrected chi connectivity index (χ3v) is 4.77. The predicted octanol–water partition coefficient (Wildman–Crippen LogP) is 5.38. The molecule has 2 nitrogen and oxygen atoms in total. The Hall–Kier alpha value is -0.690. The minimum atomic E-state index is -0.464. The normalized spacial score (nSPS) is 10.4. The maximum absolute atomic E-state index is 14.2. The van der Waals surface area contributed by atoms with Gasteiger partial charge in [-0.05, 0) is 62.2 Å². The Morgan fingerprint density at radius 2 is 1.95 bits per heavy atom. The largest absolute Gasteiger partial charge is 0.389 e. The van der Waals surface area contributed by atoms with Crippen LogP contribution in [0, 0.1) is 5.82 Å². The van der Waals surface area contributed by atoms with Gasteiger partial charge in [0.05, 0.1) is 15.2 Å². The van der Waals surface area contributed by atoms with Crippen LogP contribution >= 0.6 is 55.7 Å². The van der Waals surface area contributed by atoms with Gasteiger partial charge in [-0.3, -0.25) is 0 Å². The lowest BCUT2D eigenvalue weighted by Gasteiger charge is -2.11. The summed E-state index contributed by atoms with van der Waals surface area (Å²) in [5, 5.41) is 3.49. The second kappa shape index (κ2) is 6.39. The fraction of sp³-hybridized carbons (Fsp3) is 0. The summed E-state index contributed by atoms with van der Waals surface area (Å²) < 4.78 is 15.2. The average molecular weight is 439 g/mol. The van der Waals surface area contributed by atoms with Crippen LogP contribution in [0.1, 0.15) is 5.56 Å². The van der Waals surface area contributed by atoms with E-state index in [-0.39, 0.29) is 9.46 Å². The van der Waals surface area contributed by atoms with Gasteiger partial charge in [0.2, 0.25) is 0 Å². The average Bonchev–Trinajstić information content (AvgIpc) is 2.39. The summed E-state index contributed by atoms with van der Waals surface area (Å²) in [6, 6.07) is 8.48. The van der Waals surface area contributed by atoms with Crippen LogP contribution in [0.3, 0.4) is 0 Å². The molecule has 2 aromatic rings. The van der Waals surface area contributed by atoms with Crippen LogP contribution in [-0.4, -0.2) is 4.99 Å². The van der Waals surface area contributed by atoms with E-state index in [0.717, 1.165) is 4.47 Å². The van der Waals surface area contributed by atoms with Crippen molar-refractivity contribution in [1.29, 1.82) is 0 Å². The molecule has 104 valence electrons. The molecule has 20 heavy (non-hydrogen) atoms. The van der Waals surface area contributed by atoms with E-state index in [2.05, 4.69) is 37.2 Å². The first kappa shape index (κ1) is 15.7. The molecule has 0 atom stereocenters. The van der Waals surface area contributed by atoms with E-state index in [9.17, 15) is 4.39 Å². The highest BCUT2D eigenvalue weighted by Gasteiger charge is 2.13. The lowest BCUT2D eigenvalue weighted by Crippen LogP contribution is -2.11. The van der Waals surface area contributed by atoms with Gasteiger partial charge < -0.3 is 11.1 Å². The molecule has 0 saturated carbocycles. The van der Waals surface area contributed by atoms with Gasteiger partial charge in [-0.15, -0.1) is 0 Å². The molecular weight excluding hydrogens is 430 g/mol. The molecule has 3 N–H and O–H groups in total. The summed E-state index contributed by atoms with van der Waals surface area (Å²) in [6.45, 7) is 0. The van der Waals surface area contributed by atoms with Crippen molar-refractivity contribution in [3.05, 3.63) is 55.7 Å². The zero-order valence-electron chi connectivity index (χ0n) is 9.88. The van der Waals surface area contributed by atoms with Crippen LogP contribution in [0.2, 0.25) is 5.02 Å². The van der Waals surface area contributed by atoms with E-state index in [0.29, 0.717) is 22.0 Å². The Morgan fingerprint density at radius 3 is 2.55 bits per heavy atom. The molecule has 0 aliphatic heterocycles. The van der Waals surface area contributed by atoms with E-state index in [4.69, 9.17) is 29.6 Å². The summed E-state index contributed by atoms with van der Waals surface area (Å²) in [7, 11) is 0. The summed E-state index contributed by atoms with van der Waals surface area (Å²) in [5.74, 6) is -0.464. The molecule has 0 aromatic heterocycles. The van der Waals surface area contributed by atoms with Crippen LogP contribution in [-0.2, 0) is 0 Å². The van der Waals surface area contributed by atoms with Crippen molar-refractivity contribution in [3.63, 3.8) is 0 Å². The molecule has 0 aliphatic carbocycles. The van der Waals surface area contributed by atoms with Gasteiger partial charge in [-0.1, -0.05) is 23.8 Å². The standard InChI is InChI=1S/C13H8Br2ClFN2S/c14-8-3-1-6(5-9(8)16)19-10-4-2-7(13(18)20)11(15)12(10)17/h1-5,19H,(H2,18,20). The highest BCUT2D eigenvalue weighted by atomic mass is 79.9. The summed E-state index contributed by atoms with van der Waals surface area (Å²) in [4.78, 5) is 0.133. The highest BCUT2D eigenvalue weighted by molar-refractivity contribution is 9.10. The molecule has 0 heterocycles. The van der Waals surface area contributed by atoms with Gasteiger partial charge in [0.25, 0.3) is 0 Å². The topological polar surface area (TPSA) is 38.0 Å². The number of hydrogen-bond donors (Lipinski definition) is 2. The minimum Gasteiger partial charge on any atom is -0.389 e. The lowest BCUT2D eigenvalue weighted by molar-refractivity contribution is 0.625. The van der Waals surface area contributed by atoms with Crippen LogP contribution in [0.5, 0.6) is 0 Å². The molecular formula is C13H8Br2ClFN2S. The first-order chi connectivity index (χ1) is 9.40. The van der Waals surface area contributed by atoms with Gasteiger partial charge in [0.15, 0.2) is 5.82 Å². The molecule has 0 amide bonds. The summed E-state index contributed by atoms with van der Waals surface area (Å²) >= 11 is 17.3. The molecule has 0 fully saturated rings. The van der Waals surface area contributed by atoms with E-state index in [1.54, 1.807) is 30.3 Å². The van der Waals surface area contributed by atoms with Crippen molar-refractivity contribution in [2.24, 2.45) is 5.73 Å². The van der Waals surface area contributed by atoms with Gasteiger partial charge in [0, 0.05) is 15.7 Å². The predicted molar refractivity (Wildman–Crippen MR) is 92.4 cm³/mol. The van der Waals surface area contributed by atoms with Crippen molar-refractivity contribution in [1.82, 2.24) is 0 Å². The van der Waals surface area contributed by atoms with Crippen molar-refractivity contribution >= 4 is 72.0 Å². The molecule has 0 unspecified atom stereocenters. The Labute approximate surface area is 142 Å². The number of halogens is 4. The third kappa shape index (κ3) is 3.31. The number of anilines is 2. The molecule has 2 aromatic carbocycles. The van der Waals surface area contributed by atoms with Crippen molar-refractivity contribution in [3.8, 4) is 0 Å². The molecule has 0 bridgehead atoms. The quantitative estimate of drug-likeness (QED) is 0.632. The van der Waals surface area contributed by atoms with E-state index >= 15 is 0 Å². The fourth-order valence-corrected chi connectivity index (χ4v) is 2.85. The minimum absolute atomic E-state index is 0.133.